The van der Waals surface area contributed by atoms with Crippen LogP contribution in [0.5, 0.6) is 0 Å². The second kappa shape index (κ2) is 6.23. The third-order valence-corrected chi connectivity index (χ3v) is 5.31. The van der Waals surface area contributed by atoms with E-state index >= 15 is 0 Å². The number of nitrogens with two attached hydrogens (primary N) is 1. The first-order valence-electron chi connectivity index (χ1n) is 8.15. The molecule has 3 heteroatoms. The Morgan fingerprint density at radius 2 is 2.25 bits per heavy atom. The number of aromatic nitrogens is 1. The Morgan fingerprint density at radius 1 is 1.35 bits per heavy atom. The Labute approximate surface area is 122 Å². The van der Waals surface area contributed by atoms with Gasteiger partial charge in [-0.25, -0.2) is 0 Å². The fourth-order valence-electron chi connectivity index (χ4n) is 4.21. The summed E-state index contributed by atoms with van der Waals surface area (Å²) in [4.78, 5) is 7.05. The lowest BCUT2D eigenvalue weighted by Gasteiger charge is -2.42. The van der Waals surface area contributed by atoms with E-state index in [0.29, 0.717) is 18.0 Å². The fourth-order valence-corrected chi connectivity index (χ4v) is 4.21. The van der Waals surface area contributed by atoms with Crippen LogP contribution in [0.4, 0.5) is 0 Å². The minimum Gasteiger partial charge on any atom is -0.330 e. The van der Waals surface area contributed by atoms with Crippen LogP contribution < -0.4 is 5.73 Å². The third-order valence-electron chi connectivity index (χ3n) is 5.31. The van der Waals surface area contributed by atoms with E-state index in [1.165, 1.54) is 44.2 Å². The van der Waals surface area contributed by atoms with E-state index in [9.17, 15) is 0 Å². The first-order valence-corrected chi connectivity index (χ1v) is 8.15. The van der Waals surface area contributed by atoms with Gasteiger partial charge in [-0.15, -0.1) is 0 Å². The number of hydrogen-bond acceptors (Lipinski definition) is 3. The Bertz CT molecular complexity index is 420. The summed E-state index contributed by atoms with van der Waals surface area (Å²) < 4.78 is 0. The van der Waals surface area contributed by atoms with Crippen molar-refractivity contribution in [1.29, 1.82) is 0 Å². The summed E-state index contributed by atoms with van der Waals surface area (Å²) in [5, 5.41) is 0. The van der Waals surface area contributed by atoms with Gasteiger partial charge in [0.05, 0.1) is 0 Å². The van der Waals surface area contributed by atoms with Gasteiger partial charge in [0.15, 0.2) is 0 Å². The highest BCUT2D eigenvalue weighted by atomic mass is 15.2. The fraction of sp³-hybridized carbons (Fsp3) is 0.706. The van der Waals surface area contributed by atoms with Gasteiger partial charge in [0.25, 0.3) is 0 Å². The standard InChI is InChI=1S/C17H27N3/c1-13-6-7-14(11-18)17(10-13)20-9-3-5-16(20)15-4-2-8-19-12-15/h2,4,8,12-14,16-17H,3,5-7,9-11,18H2,1H3. The molecule has 4 atom stereocenters. The largest absolute Gasteiger partial charge is 0.330 e. The lowest BCUT2D eigenvalue weighted by molar-refractivity contribution is 0.0752. The van der Waals surface area contributed by atoms with Gasteiger partial charge in [0.1, 0.15) is 0 Å². The summed E-state index contributed by atoms with van der Waals surface area (Å²) in [5.41, 5.74) is 7.44. The Hall–Kier alpha value is -0.930. The molecule has 3 nitrogen and oxygen atoms in total. The smallest absolute Gasteiger partial charge is 0.0366 e. The monoisotopic (exact) mass is 273 g/mol. The van der Waals surface area contributed by atoms with E-state index in [1.807, 2.05) is 12.4 Å². The van der Waals surface area contributed by atoms with Crippen LogP contribution in [0.15, 0.2) is 24.5 Å². The van der Waals surface area contributed by atoms with Crippen LogP contribution in [-0.2, 0) is 0 Å². The minimum absolute atomic E-state index is 0.563. The zero-order valence-corrected chi connectivity index (χ0v) is 12.5. The average Bonchev–Trinajstić information content (AvgIpc) is 2.97. The van der Waals surface area contributed by atoms with Crippen molar-refractivity contribution in [2.45, 2.75) is 51.1 Å². The molecule has 1 saturated heterocycles. The second-order valence-electron chi connectivity index (χ2n) is 6.66. The molecule has 0 radical (unpaired) electrons. The van der Waals surface area contributed by atoms with E-state index < -0.39 is 0 Å². The topological polar surface area (TPSA) is 42.1 Å². The van der Waals surface area contributed by atoms with Gasteiger partial charge in [-0.2, -0.15) is 0 Å². The molecule has 1 aliphatic heterocycles. The summed E-state index contributed by atoms with van der Waals surface area (Å²) in [6.07, 6.45) is 10.5. The molecule has 1 saturated carbocycles. The van der Waals surface area contributed by atoms with Gasteiger partial charge >= 0.3 is 0 Å². The predicted octanol–water partition coefficient (Wildman–Crippen LogP) is 2.98. The van der Waals surface area contributed by atoms with Gasteiger partial charge in [-0.1, -0.05) is 19.4 Å². The molecule has 1 aromatic heterocycles. The maximum atomic E-state index is 6.05. The van der Waals surface area contributed by atoms with Gasteiger partial charge < -0.3 is 5.73 Å². The molecule has 110 valence electrons. The number of pyridine rings is 1. The molecule has 2 aliphatic rings. The quantitative estimate of drug-likeness (QED) is 0.920. The molecule has 0 amide bonds. The summed E-state index contributed by atoms with van der Waals surface area (Å²) in [5.74, 6) is 1.53. The molecule has 2 N–H and O–H groups in total. The summed E-state index contributed by atoms with van der Waals surface area (Å²) in [6.45, 7) is 4.47. The molecule has 0 aromatic carbocycles. The van der Waals surface area contributed by atoms with Crippen LogP contribution in [0.2, 0.25) is 0 Å². The number of nitrogens with zero attached hydrogens (tertiary/aromatic N) is 2. The summed E-state index contributed by atoms with van der Waals surface area (Å²) >= 11 is 0. The first kappa shape index (κ1) is 14.0. The van der Waals surface area contributed by atoms with E-state index in [2.05, 4.69) is 28.9 Å². The van der Waals surface area contributed by atoms with Gasteiger partial charge in [0.2, 0.25) is 0 Å². The van der Waals surface area contributed by atoms with Crippen molar-refractivity contribution in [3.63, 3.8) is 0 Å². The van der Waals surface area contributed by atoms with Crippen molar-refractivity contribution in [3.8, 4) is 0 Å². The van der Waals surface area contributed by atoms with Crippen molar-refractivity contribution >= 4 is 0 Å². The molecular weight excluding hydrogens is 246 g/mol. The molecule has 1 aromatic rings. The number of rotatable bonds is 3. The van der Waals surface area contributed by atoms with Crippen molar-refractivity contribution in [2.24, 2.45) is 17.6 Å². The molecule has 0 spiro atoms. The summed E-state index contributed by atoms with van der Waals surface area (Å²) in [7, 11) is 0. The van der Waals surface area contributed by atoms with Crippen LogP contribution in [0.3, 0.4) is 0 Å². The SMILES string of the molecule is CC1CCC(CN)C(N2CCCC2c2cccnc2)C1. The maximum Gasteiger partial charge on any atom is 0.0366 e. The highest BCUT2D eigenvalue weighted by Crippen LogP contribution is 2.40. The van der Waals surface area contributed by atoms with Crippen molar-refractivity contribution < 1.29 is 0 Å². The van der Waals surface area contributed by atoms with Crippen LogP contribution in [-0.4, -0.2) is 29.0 Å². The van der Waals surface area contributed by atoms with Crippen molar-refractivity contribution in [3.05, 3.63) is 30.1 Å². The lowest BCUT2D eigenvalue weighted by Crippen LogP contribution is -2.46. The zero-order valence-electron chi connectivity index (χ0n) is 12.5. The molecule has 1 aliphatic carbocycles. The summed E-state index contributed by atoms with van der Waals surface area (Å²) in [6, 6.07) is 5.54. The molecule has 0 bridgehead atoms. The predicted molar refractivity (Wildman–Crippen MR) is 82.3 cm³/mol. The zero-order chi connectivity index (χ0) is 13.9. The first-order chi connectivity index (χ1) is 9.79. The molecule has 3 rings (SSSR count). The van der Waals surface area contributed by atoms with E-state index in [-0.39, 0.29) is 0 Å². The number of hydrogen-bond donors (Lipinski definition) is 1. The number of likely N-dealkylation sites (tertiary alicyclic amines) is 1. The Kier molecular flexibility index (Phi) is 4.37. The third kappa shape index (κ3) is 2.75. The van der Waals surface area contributed by atoms with Crippen LogP contribution >= 0.6 is 0 Å². The molecule has 20 heavy (non-hydrogen) atoms. The van der Waals surface area contributed by atoms with Gasteiger partial charge in [-0.3, -0.25) is 9.88 Å². The van der Waals surface area contributed by atoms with Crippen molar-refractivity contribution in [2.75, 3.05) is 13.1 Å². The highest BCUT2D eigenvalue weighted by molar-refractivity contribution is 5.16. The maximum absolute atomic E-state index is 6.05. The van der Waals surface area contributed by atoms with E-state index in [1.54, 1.807) is 0 Å². The lowest BCUT2D eigenvalue weighted by atomic mass is 9.78. The van der Waals surface area contributed by atoms with E-state index in [0.717, 1.165) is 12.5 Å². The molecule has 2 fully saturated rings. The Balaban J connectivity index is 1.80. The highest BCUT2D eigenvalue weighted by Gasteiger charge is 2.38. The van der Waals surface area contributed by atoms with Crippen LogP contribution in [0, 0.1) is 11.8 Å². The second-order valence-corrected chi connectivity index (χ2v) is 6.66. The van der Waals surface area contributed by atoms with E-state index in [4.69, 9.17) is 5.73 Å². The average molecular weight is 273 g/mol. The minimum atomic E-state index is 0.563. The van der Waals surface area contributed by atoms with Crippen LogP contribution in [0.25, 0.3) is 0 Å². The normalized spacial score (nSPS) is 35.3. The van der Waals surface area contributed by atoms with Crippen LogP contribution in [0.1, 0.15) is 50.6 Å². The van der Waals surface area contributed by atoms with Gasteiger partial charge in [0, 0.05) is 24.5 Å². The van der Waals surface area contributed by atoms with Gasteiger partial charge in [-0.05, 0) is 62.2 Å². The Morgan fingerprint density at radius 3 is 3.00 bits per heavy atom. The van der Waals surface area contributed by atoms with Crippen molar-refractivity contribution in [1.82, 2.24) is 9.88 Å². The molecule has 4 unspecified atom stereocenters. The molecule has 2 heterocycles. The molecular formula is C17H27N3.